The number of aromatic nitrogens is 3. The third-order valence-corrected chi connectivity index (χ3v) is 5.74. The second-order valence-corrected chi connectivity index (χ2v) is 8.42. The maximum absolute atomic E-state index is 12.2. The first-order valence-corrected chi connectivity index (χ1v) is 11.5. The molecular formula is C23H17Cl2N5O2S. The lowest BCUT2D eigenvalue weighted by molar-refractivity contribution is -0.118. The Morgan fingerprint density at radius 2 is 1.79 bits per heavy atom. The lowest BCUT2D eigenvalue weighted by Crippen LogP contribution is -2.19. The molecule has 4 rings (SSSR count). The zero-order valence-corrected chi connectivity index (χ0v) is 19.4. The van der Waals surface area contributed by atoms with Gasteiger partial charge in [-0.25, -0.2) is 5.43 Å². The highest BCUT2D eigenvalue weighted by molar-refractivity contribution is 7.99. The smallest absolute Gasteiger partial charge is 0.250 e. The fraction of sp³-hybridized carbons (Fsp3) is 0.0435. The molecule has 33 heavy (non-hydrogen) atoms. The molecule has 0 bridgehead atoms. The van der Waals surface area contributed by atoms with E-state index in [0.717, 1.165) is 11.3 Å². The van der Waals surface area contributed by atoms with Crippen LogP contribution in [0.4, 0.5) is 0 Å². The number of amides is 1. The fourth-order valence-electron chi connectivity index (χ4n) is 2.81. The first kappa shape index (κ1) is 22.8. The van der Waals surface area contributed by atoms with Gasteiger partial charge in [0.2, 0.25) is 0 Å². The summed E-state index contributed by atoms with van der Waals surface area (Å²) < 4.78 is 7.04. The van der Waals surface area contributed by atoms with Crippen LogP contribution in [0, 0.1) is 0 Å². The van der Waals surface area contributed by atoms with Gasteiger partial charge in [0.15, 0.2) is 11.0 Å². The molecular weight excluding hydrogens is 481 g/mol. The number of rotatable bonds is 8. The Labute approximate surface area is 204 Å². The van der Waals surface area contributed by atoms with Gasteiger partial charge < -0.3 is 4.42 Å². The molecule has 2 aromatic carbocycles. The van der Waals surface area contributed by atoms with E-state index >= 15 is 0 Å². The minimum atomic E-state index is -0.277. The Morgan fingerprint density at radius 3 is 2.48 bits per heavy atom. The van der Waals surface area contributed by atoms with Gasteiger partial charge in [-0.05, 0) is 72.8 Å². The summed E-state index contributed by atoms with van der Waals surface area (Å²) >= 11 is 13.3. The number of halogens is 2. The molecule has 4 aromatic rings. The number of thioether (sulfide) groups is 1. The quantitative estimate of drug-likeness (QED) is 0.190. The van der Waals surface area contributed by atoms with Crippen molar-refractivity contribution in [2.45, 2.75) is 5.16 Å². The molecule has 0 aliphatic heterocycles. The summed E-state index contributed by atoms with van der Waals surface area (Å²) in [7, 11) is 0. The predicted molar refractivity (Wildman–Crippen MR) is 132 cm³/mol. The van der Waals surface area contributed by atoms with Crippen LogP contribution >= 0.6 is 35.0 Å². The van der Waals surface area contributed by atoms with Crippen LogP contribution in [0.3, 0.4) is 0 Å². The Hall–Kier alpha value is -3.33. The minimum Gasteiger partial charge on any atom is -0.465 e. The number of nitrogens with zero attached hydrogens (tertiary/aromatic N) is 4. The number of hydrazone groups is 1. The van der Waals surface area contributed by atoms with E-state index in [1.807, 2.05) is 34.9 Å². The fourth-order valence-corrected chi connectivity index (χ4v) is 3.81. The topological polar surface area (TPSA) is 85.3 Å². The lowest BCUT2D eigenvalue weighted by Gasteiger charge is -2.10. The van der Waals surface area contributed by atoms with Crippen LogP contribution in [0.15, 0.2) is 87.7 Å². The summed E-state index contributed by atoms with van der Waals surface area (Å²) in [5.74, 6) is 1.15. The number of benzene rings is 2. The molecule has 0 saturated heterocycles. The van der Waals surface area contributed by atoms with Gasteiger partial charge in [-0.3, -0.25) is 9.36 Å². The SMILES string of the molecule is O=C(CSc1nnc(-c2ccc(Cl)cc2)n1-c1ccc(Cl)cc1)N/N=C\C=C/c1ccco1. The molecule has 0 aliphatic rings. The minimum absolute atomic E-state index is 0.103. The van der Waals surface area contributed by atoms with Crippen LogP contribution < -0.4 is 5.43 Å². The van der Waals surface area contributed by atoms with E-state index in [2.05, 4.69) is 20.7 Å². The van der Waals surface area contributed by atoms with Crippen molar-refractivity contribution in [1.82, 2.24) is 20.2 Å². The van der Waals surface area contributed by atoms with Crippen molar-refractivity contribution in [3.8, 4) is 17.1 Å². The number of nitrogens with one attached hydrogen (secondary N) is 1. The van der Waals surface area contributed by atoms with E-state index in [-0.39, 0.29) is 11.7 Å². The first-order chi connectivity index (χ1) is 16.1. The number of allylic oxidation sites excluding steroid dienone is 1. The van der Waals surface area contributed by atoms with Crippen LogP contribution in [0.5, 0.6) is 0 Å². The van der Waals surface area contributed by atoms with E-state index in [1.165, 1.54) is 18.0 Å². The molecule has 10 heteroatoms. The Balaban J connectivity index is 1.47. The average molecular weight is 498 g/mol. The second kappa shape index (κ2) is 11.0. The van der Waals surface area contributed by atoms with Gasteiger partial charge in [0, 0.05) is 27.5 Å². The monoisotopic (exact) mass is 497 g/mol. The van der Waals surface area contributed by atoms with Crippen LogP contribution in [0.2, 0.25) is 10.0 Å². The molecule has 1 N–H and O–H groups in total. The maximum atomic E-state index is 12.2. The molecule has 166 valence electrons. The number of carbonyl (C=O) groups excluding carboxylic acids is 1. The third-order valence-electron chi connectivity index (χ3n) is 4.31. The normalized spacial score (nSPS) is 11.5. The lowest BCUT2D eigenvalue weighted by atomic mass is 10.2. The van der Waals surface area contributed by atoms with Crippen LogP contribution in [0.1, 0.15) is 5.76 Å². The molecule has 0 fully saturated rings. The standard InChI is InChI=1S/C23H17Cl2N5O2S/c24-17-7-5-16(6-8-17)22-28-29-23(30(22)19-11-9-18(25)10-12-19)33-15-21(31)27-26-13-1-3-20-4-2-14-32-20/h1-14H,15H2,(H,27,31)/b3-1-,26-13-. The Kier molecular flexibility index (Phi) is 7.62. The summed E-state index contributed by atoms with van der Waals surface area (Å²) in [6.07, 6.45) is 6.45. The van der Waals surface area contributed by atoms with Crippen molar-refractivity contribution in [2.75, 3.05) is 5.75 Å². The van der Waals surface area contributed by atoms with E-state index in [0.29, 0.717) is 26.8 Å². The highest BCUT2D eigenvalue weighted by atomic mass is 35.5. The summed E-state index contributed by atoms with van der Waals surface area (Å²) in [6.45, 7) is 0. The molecule has 0 radical (unpaired) electrons. The largest absolute Gasteiger partial charge is 0.465 e. The molecule has 0 spiro atoms. The van der Waals surface area contributed by atoms with Gasteiger partial charge >= 0.3 is 0 Å². The zero-order chi connectivity index (χ0) is 23.0. The van der Waals surface area contributed by atoms with Crippen LogP contribution in [-0.2, 0) is 4.79 Å². The van der Waals surface area contributed by atoms with Crippen molar-refractivity contribution in [1.29, 1.82) is 0 Å². The van der Waals surface area contributed by atoms with Crippen molar-refractivity contribution in [2.24, 2.45) is 5.10 Å². The second-order valence-electron chi connectivity index (χ2n) is 6.60. The van der Waals surface area contributed by atoms with Gasteiger partial charge in [-0.2, -0.15) is 5.10 Å². The van der Waals surface area contributed by atoms with E-state index in [4.69, 9.17) is 27.6 Å². The highest BCUT2D eigenvalue weighted by Crippen LogP contribution is 2.29. The Bertz CT molecular complexity index is 1270. The Morgan fingerprint density at radius 1 is 1.06 bits per heavy atom. The number of furan rings is 1. The predicted octanol–water partition coefficient (Wildman–Crippen LogP) is 5.74. The number of hydrogen-bond donors (Lipinski definition) is 1. The molecule has 2 aromatic heterocycles. The van der Waals surface area contributed by atoms with Gasteiger partial charge in [0.05, 0.1) is 12.0 Å². The molecule has 0 aliphatic carbocycles. The molecule has 0 saturated carbocycles. The number of hydrogen-bond acceptors (Lipinski definition) is 6. The van der Waals surface area contributed by atoms with Crippen LogP contribution in [-0.4, -0.2) is 32.6 Å². The van der Waals surface area contributed by atoms with Crippen molar-refractivity contribution in [3.63, 3.8) is 0 Å². The van der Waals surface area contributed by atoms with Gasteiger partial charge in [-0.15, -0.1) is 10.2 Å². The zero-order valence-electron chi connectivity index (χ0n) is 17.1. The summed E-state index contributed by atoms with van der Waals surface area (Å²) in [4.78, 5) is 12.2. The molecule has 0 unspecified atom stereocenters. The van der Waals surface area contributed by atoms with E-state index in [9.17, 15) is 4.79 Å². The molecule has 0 atom stereocenters. The average Bonchev–Trinajstić information content (AvgIpc) is 3.49. The van der Waals surface area contributed by atoms with E-state index in [1.54, 1.807) is 48.7 Å². The molecule has 7 nitrogen and oxygen atoms in total. The third kappa shape index (κ3) is 6.13. The molecule has 1 amide bonds. The highest BCUT2D eigenvalue weighted by Gasteiger charge is 2.17. The van der Waals surface area contributed by atoms with Crippen molar-refractivity contribution in [3.05, 3.63) is 88.8 Å². The summed E-state index contributed by atoms with van der Waals surface area (Å²) in [5, 5.41) is 14.3. The van der Waals surface area contributed by atoms with Gasteiger partial charge in [-0.1, -0.05) is 35.0 Å². The molecule has 2 heterocycles. The summed E-state index contributed by atoms with van der Waals surface area (Å²) in [6, 6.07) is 18.2. The van der Waals surface area contributed by atoms with Crippen molar-refractivity contribution < 1.29 is 9.21 Å². The number of carbonyl (C=O) groups is 1. The maximum Gasteiger partial charge on any atom is 0.250 e. The first-order valence-electron chi connectivity index (χ1n) is 9.72. The van der Waals surface area contributed by atoms with Crippen LogP contribution in [0.25, 0.3) is 23.2 Å². The van der Waals surface area contributed by atoms with Crippen molar-refractivity contribution >= 4 is 53.2 Å². The van der Waals surface area contributed by atoms with Gasteiger partial charge in [0.1, 0.15) is 5.76 Å². The summed E-state index contributed by atoms with van der Waals surface area (Å²) in [5.41, 5.74) is 4.14. The van der Waals surface area contributed by atoms with E-state index < -0.39 is 0 Å². The van der Waals surface area contributed by atoms with Gasteiger partial charge in [0.25, 0.3) is 5.91 Å².